The second kappa shape index (κ2) is 3.60. The number of rotatable bonds is 0. The molecule has 1 saturated carbocycles. The standard InChI is InChI=1S/C11H18O2/c1-11(2,3)8-4-5-9(12)7-10(13)6-8/h8H,4-7H2,1-3H3. The molecule has 0 saturated heterocycles. The Kier molecular flexibility index (Phi) is 2.89. The average Bonchev–Trinajstić information content (AvgIpc) is 2.09. The van der Waals surface area contributed by atoms with E-state index in [1.807, 2.05) is 0 Å². The maximum Gasteiger partial charge on any atom is 0.140 e. The van der Waals surface area contributed by atoms with E-state index in [4.69, 9.17) is 0 Å². The van der Waals surface area contributed by atoms with Gasteiger partial charge in [0.1, 0.15) is 11.6 Å². The smallest absolute Gasteiger partial charge is 0.140 e. The van der Waals surface area contributed by atoms with Crippen molar-refractivity contribution in [2.75, 3.05) is 0 Å². The van der Waals surface area contributed by atoms with E-state index in [9.17, 15) is 9.59 Å². The third kappa shape index (κ3) is 2.94. The van der Waals surface area contributed by atoms with E-state index >= 15 is 0 Å². The van der Waals surface area contributed by atoms with Gasteiger partial charge in [-0.1, -0.05) is 20.8 Å². The van der Waals surface area contributed by atoms with Crippen LogP contribution in [0.3, 0.4) is 0 Å². The van der Waals surface area contributed by atoms with Gasteiger partial charge in [-0.3, -0.25) is 9.59 Å². The molecule has 0 amide bonds. The number of carbonyl (C=O) groups is 2. The zero-order valence-corrected chi connectivity index (χ0v) is 8.72. The van der Waals surface area contributed by atoms with Gasteiger partial charge >= 0.3 is 0 Å². The molecular formula is C11H18O2. The molecule has 0 aromatic heterocycles. The quantitative estimate of drug-likeness (QED) is 0.425. The third-order valence-electron chi connectivity index (χ3n) is 2.86. The molecule has 1 atom stereocenters. The van der Waals surface area contributed by atoms with Crippen LogP contribution >= 0.6 is 0 Å². The molecule has 0 aromatic carbocycles. The number of hydrogen-bond acceptors (Lipinski definition) is 2. The second-order valence-electron chi connectivity index (χ2n) is 5.06. The van der Waals surface area contributed by atoms with E-state index in [0.29, 0.717) is 18.8 Å². The summed E-state index contributed by atoms with van der Waals surface area (Å²) in [7, 11) is 0. The van der Waals surface area contributed by atoms with Crippen molar-refractivity contribution >= 4 is 11.6 Å². The van der Waals surface area contributed by atoms with Crippen molar-refractivity contribution in [1.82, 2.24) is 0 Å². The molecule has 0 radical (unpaired) electrons. The van der Waals surface area contributed by atoms with Crippen LogP contribution in [0.2, 0.25) is 0 Å². The highest BCUT2D eigenvalue weighted by Gasteiger charge is 2.30. The molecular weight excluding hydrogens is 164 g/mol. The number of hydrogen-bond donors (Lipinski definition) is 0. The SMILES string of the molecule is CC(C)(C)C1CCC(=O)CC(=O)C1. The van der Waals surface area contributed by atoms with Crippen molar-refractivity contribution in [3.05, 3.63) is 0 Å². The zero-order valence-electron chi connectivity index (χ0n) is 8.72. The monoisotopic (exact) mass is 182 g/mol. The Morgan fingerprint density at radius 1 is 1.15 bits per heavy atom. The van der Waals surface area contributed by atoms with Crippen LogP contribution in [0.25, 0.3) is 0 Å². The minimum Gasteiger partial charge on any atom is -0.299 e. The Hall–Kier alpha value is -0.660. The summed E-state index contributed by atoms with van der Waals surface area (Å²) < 4.78 is 0. The van der Waals surface area contributed by atoms with Crippen LogP contribution < -0.4 is 0 Å². The lowest BCUT2D eigenvalue weighted by Gasteiger charge is -2.28. The van der Waals surface area contributed by atoms with Gasteiger partial charge in [0.25, 0.3) is 0 Å². The summed E-state index contributed by atoms with van der Waals surface area (Å²) in [5.74, 6) is 0.630. The highest BCUT2D eigenvalue weighted by atomic mass is 16.1. The molecule has 2 nitrogen and oxygen atoms in total. The van der Waals surface area contributed by atoms with Gasteiger partial charge in [0.2, 0.25) is 0 Å². The van der Waals surface area contributed by atoms with Crippen LogP contribution in [0.1, 0.15) is 46.5 Å². The van der Waals surface area contributed by atoms with Crippen molar-refractivity contribution in [2.45, 2.75) is 46.5 Å². The summed E-state index contributed by atoms with van der Waals surface area (Å²) >= 11 is 0. The van der Waals surface area contributed by atoms with Crippen LogP contribution in [0.15, 0.2) is 0 Å². The van der Waals surface area contributed by atoms with Gasteiger partial charge in [0.15, 0.2) is 0 Å². The largest absolute Gasteiger partial charge is 0.299 e. The lowest BCUT2D eigenvalue weighted by Crippen LogP contribution is -2.21. The van der Waals surface area contributed by atoms with Gasteiger partial charge in [-0.05, 0) is 17.8 Å². The maximum absolute atomic E-state index is 11.3. The molecule has 74 valence electrons. The zero-order chi connectivity index (χ0) is 10.1. The summed E-state index contributed by atoms with van der Waals surface area (Å²) in [6.45, 7) is 6.42. The molecule has 0 aromatic rings. The van der Waals surface area contributed by atoms with Gasteiger partial charge in [-0.25, -0.2) is 0 Å². The number of ketones is 2. The minimum atomic E-state index is 0.122. The fourth-order valence-corrected chi connectivity index (χ4v) is 1.83. The van der Waals surface area contributed by atoms with E-state index in [0.717, 1.165) is 6.42 Å². The van der Waals surface area contributed by atoms with Crippen LogP contribution in [-0.4, -0.2) is 11.6 Å². The molecule has 0 spiro atoms. The molecule has 13 heavy (non-hydrogen) atoms. The normalized spacial score (nSPS) is 25.9. The summed E-state index contributed by atoms with van der Waals surface area (Å²) in [6.07, 6.45) is 2.24. The van der Waals surface area contributed by atoms with Crippen LogP contribution in [0, 0.1) is 11.3 Å². The van der Waals surface area contributed by atoms with Crippen LogP contribution in [0.5, 0.6) is 0 Å². The van der Waals surface area contributed by atoms with Gasteiger partial charge in [0.05, 0.1) is 6.42 Å². The van der Waals surface area contributed by atoms with Crippen molar-refractivity contribution in [3.63, 3.8) is 0 Å². The number of Topliss-reactive ketones (excluding diaryl/α,β-unsaturated/α-hetero) is 2. The topological polar surface area (TPSA) is 34.1 Å². The molecule has 1 aliphatic rings. The van der Waals surface area contributed by atoms with Gasteiger partial charge in [-0.2, -0.15) is 0 Å². The predicted octanol–water partition coefficient (Wildman–Crippen LogP) is 2.36. The molecule has 2 heteroatoms. The molecule has 1 unspecified atom stereocenters. The van der Waals surface area contributed by atoms with Gasteiger partial charge in [-0.15, -0.1) is 0 Å². The predicted molar refractivity (Wildman–Crippen MR) is 51.4 cm³/mol. The first-order valence-electron chi connectivity index (χ1n) is 4.93. The van der Waals surface area contributed by atoms with E-state index < -0.39 is 0 Å². The summed E-state index contributed by atoms with van der Waals surface area (Å²) in [5.41, 5.74) is 0.153. The summed E-state index contributed by atoms with van der Waals surface area (Å²) in [6, 6.07) is 0. The Balaban J connectivity index is 2.69. The Morgan fingerprint density at radius 2 is 1.77 bits per heavy atom. The van der Waals surface area contributed by atoms with Crippen molar-refractivity contribution in [3.8, 4) is 0 Å². The highest BCUT2D eigenvalue weighted by Crippen LogP contribution is 2.34. The fraction of sp³-hybridized carbons (Fsp3) is 0.818. The fourth-order valence-electron chi connectivity index (χ4n) is 1.83. The van der Waals surface area contributed by atoms with E-state index in [1.54, 1.807) is 0 Å². The Labute approximate surface area is 79.7 Å². The first kappa shape index (κ1) is 10.4. The number of carbonyl (C=O) groups excluding carboxylic acids is 2. The maximum atomic E-state index is 11.3. The molecule has 0 aliphatic heterocycles. The highest BCUT2D eigenvalue weighted by molar-refractivity contribution is 5.99. The Morgan fingerprint density at radius 3 is 2.31 bits per heavy atom. The average molecular weight is 182 g/mol. The molecule has 0 N–H and O–H groups in total. The lowest BCUT2D eigenvalue weighted by molar-refractivity contribution is -0.126. The molecule has 1 fully saturated rings. The first-order valence-corrected chi connectivity index (χ1v) is 4.93. The van der Waals surface area contributed by atoms with E-state index in [1.165, 1.54) is 0 Å². The van der Waals surface area contributed by atoms with Crippen LogP contribution in [-0.2, 0) is 9.59 Å². The van der Waals surface area contributed by atoms with Crippen LogP contribution in [0.4, 0.5) is 0 Å². The minimum absolute atomic E-state index is 0.122. The lowest BCUT2D eigenvalue weighted by atomic mass is 9.76. The summed E-state index contributed by atoms with van der Waals surface area (Å²) in [5, 5.41) is 0. The third-order valence-corrected chi connectivity index (χ3v) is 2.86. The molecule has 1 aliphatic carbocycles. The molecule has 1 rings (SSSR count). The summed E-state index contributed by atoms with van der Waals surface area (Å²) in [4.78, 5) is 22.5. The van der Waals surface area contributed by atoms with E-state index in [2.05, 4.69) is 20.8 Å². The van der Waals surface area contributed by atoms with Gasteiger partial charge in [0, 0.05) is 12.8 Å². The molecule has 0 bridgehead atoms. The van der Waals surface area contributed by atoms with Crippen molar-refractivity contribution in [1.29, 1.82) is 0 Å². The molecule has 0 heterocycles. The Bertz CT molecular complexity index is 223. The first-order chi connectivity index (χ1) is 5.89. The van der Waals surface area contributed by atoms with Crippen molar-refractivity contribution in [2.24, 2.45) is 11.3 Å². The second-order valence-corrected chi connectivity index (χ2v) is 5.06. The van der Waals surface area contributed by atoms with Crippen molar-refractivity contribution < 1.29 is 9.59 Å². The van der Waals surface area contributed by atoms with E-state index in [-0.39, 0.29) is 23.4 Å². The van der Waals surface area contributed by atoms with Gasteiger partial charge < -0.3 is 0 Å².